The summed E-state index contributed by atoms with van der Waals surface area (Å²) in [5.74, 6) is -0.921. The molecule has 2 aromatic rings. The number of hydrogen-bond donors (Lipinski definition) is 2. The Morgan fingerprint density at radius 3 is 2.70 bits per heavy atom. The monoisotopic (exact) mass is 448 g/mol. The van der Waals surface area contributed by atoms with E-state index in [1.54, 1.807) is 11.0 Å². The molecule has 1 aromatic heterocycles. The first-order chi connectivity index (χ1) is 14.3. The van der Waals surface area contributed by atoms with Crippen molar-refractivity contribution in [2.24, 2.45) is 5.73 Å². The zero-order valence-electron chi connectivity index (χ0n) is 16.6. The van der Waals surface area contributed by atoms with Crippen molar-refractivity contribution in [3.05, 3.63) is 51.0 Å². The molecule has 2 aliphatic rings. The highest BCUT2D eigenvalue weighted by Gasteiger charge is 2.35. The number of primary amides is 1. The second-order valence-electron chi connectivity index (χ2n) is 7.75. The lowest BCUT2D eigenvalue weighted by Crippen LogP contribution is -2.39. The number of thiazole rings is 1. The van der Waals surface area contributed by atoms with Gasteiger partial charge in [0.15, 0.2) is 9.84 Å². The van der Waals surface area contributed by atoms with Gasteiger partial charge in [0.25, 0.3) is 5.91 Å². The molecule has 1 aromatic carbocycles. The first-order valence-corrected chi connectivity index (χ1v) is 12.5. The summed E-state index contributed by atoms with van der Waals surface area (Å²) in [7, 11) is -3.38. The van der Waals surface area contributed by atoms with Crippen LogP contribution in [-0.4, -0.2) is 55.5 Å². The molecule has 0 saturated carbocycles. The van der Waals surface area contributed by atoms with E-state index in [9.17, 15) is 18.0 Å². The second-order valence-corrected chi connectivity index (χ2v) is 10.9. The van der Waals surface area contributed by atoms with E-state index >= 15 is 0 Å². The van der Waals surface area contributed by atoms with Crippen molar-refractivity contribution in [2.75, 3.05) is 25.4 Å². The van der Waals surface area contributed by atoms with Crippen molar-refractivity contribution in [2.45, 2.75) is 31.1 Å². The number of rotatable bonds is 4. The van der Waals surface area contributed by atoms with Gasteiger partial charge in [0, 0.05) is 41.8 Å². The molecule has 2 fully saturated rings. The van der Waals surface area contributed by atoms with E-state index < -0.39 is 21.0 Å². The zero-order valence-corrected chi connectivity index (χ0v) is 18.3. The summed E-state index contributed by atoms with van der Waals surface area (Å²) >= 11 is 1.53. The highest BCUT2D eigenvalue weighted by molar-refractivity contribution is 7.91. The molecular formula is C20H24N4O4S2. The smallest absolute Gasteiger partial charge is 0.254 e. The van der Waals surface area contributed by atoms with Gasteiger partial charge < -0.3 is 16.0 Å². The van der Waals surface area contributed by atoms with E-state index in [2.05, 4.69) is 10.3 Å². The Labute approximate surface area is 179 Å². The number of nitrogens with two attached hydrogens (primary N) is 1. The van der Waals surface area contributed by atoms with Gasteiger partial charge >= 0.3 is 0 Å². The Kier molecular flexibility index (Phi) is 5.65. The molecule has 30 heavy (non-hydrogen) atoms. The SMILES string of the molecule is Cc1csc([C@H]2CCCN2C(=O)c2cc(C(N)=O)cc(C3CNCCS3(=O)=O)c2)n1. The molecule has 2 aliphatic heterocycles. The van der Waals surface area contributed by atoms with E-state index in [0.29, 0.717) is 18.7 Å². The van der Waals surface area contributed by atoms with Crippen LogP contribution in [0, 0.1) is 6.92 Å². The van der Waals surface area contributed by atoms with Crippen LogP contribution in [0.25, 0.3) is 0 Å². The first-order valence-electron chi connectivity index (χ1n) is 9.86. The lowest BCUT2D eigenvalue weighted by Gasteiger charge is -2.26. The molecule has 4 rings (SSSR count). The predicted molar refractivity (Wildman–Crippen MR) is 114 cm³/mol. The minimum absolute atomic E-state index is 0.0132. The van der Waals surface area contributed by atoms with Gasteiger partial charge in [0.2, 0.25) is 5.91 Å². The summed E-state index contributed by atoms with van der Waals surface area (Å²) in [5, 5.41) is 5.12. The topological polar surface area (TPSA) is 122 Å². The number of carbonyl (C=O) groups excluding carboxylic acids is 2. The molecule has 1 unspecified atom stereocenters. The van der Waals surface area contributed by atoms with Crippen LogP contribution in [0.1, 0.15) is 61.1 Å². The van der Waals surface area contributed by atoms with Gasteiger partial charge in [-0.1, -0.05) is 0 Å². The maximum absolute atomic E-state index is 13.4. The molecule has 2 saturated heterocycles. The standard InChI is InChI=1S/C20H24N4O4S2/c1-12-11-29-19(23-12)16-3-2-5-24(16)20(26)15-8-13(7-14(9-15)18(21)25)17-10-22-4-6-30(17,27)28/h7-9,11,16-17,22H,2-6,10H2,1H3,(H2,21,25)/t16-,17?/m1/s1. The van der Waals surface area contributed by atoms with Crippen LogP contribution in [0.4, 0.5) is 0 Å². The van der Waals surface area contributed by atoms with Crippen molar-refractivity contribution in [3.8, 4) is 0 Å². The van der Waals surface area contributed by atoms with E-state index in [-0.39, 0.29) is 35.4 Å². The van der Waals surface area contributed by atoms with E-state index in [1.165, 1.54) is 23.5 Å². The lowest BCUT2D eigenvalue weighted by atomic mass is 10.0. The molecule has 160 valence electrons. The Hall–Kier alpha value is -2.30. The Morgan fingerprint density at radius 2 is 2.03 bits per heavy atom. The average molecular weight is 449 g/mol. The first kappa shape index (κ1) is 21.0. The summed E-state index contributed by atoms with van der Waals surface area (Å²) in [6.07, 6.45) is 1.68. The van der Waals surface area contributed by atoms with Gasteiger partial charge in [0.1, 0.15) is 5.01 Å². The van der Waals surface area contributed by atoms with Crippen molar-refractivity contribution >= 4 is 33.0 Å². The van der Waals surface area contributed by atoms with E-state index in [0.717, 1.165) is 23.5 Å². The quantitative estimate of drug-likeness (QED) is 0.732. The third-order valence-electron chi connectivity index (χ3n) is 5.62. The summed E-state index contributed by atoms with van der Waals surface area (Å²) in [5.41, 5.74) is 7.24. The molecule has 3 N–H and O–H groups in total. The van der Waals surface area contributed by atoms with Gasteiger partial charge in [-0.05, 0) is 43.5 Å². The van der Waals surface area contributed by atoms with Crippen molar-refractivity contribution in [1.29, 1.82) is 0 Å². The summed E-state index contributed by atoms with van der Waals surface area (Å²) in [6.45, 7) is 3.13. The van der Waals surface area contributed by atoms with Crippen molar-refractivity contribution in [1.82, 2.24) is 15.2 Å². The van der Waals surface area contributed by atoms with Crippen LogP contribution >= 0.6 is 11.3 Å². The molecule has 0 spiro atoms. The Morgan fingerprint density at radius 1 is 1.27 bits per heavy atom. The van der Waals surface area contributed by atoms with Crippen molar-refractivity contribution < 1.29 is 18.0 Å². The van der Waals surface area contributed by atoms with Crippen molar-refractivity contribution in [3.63, 3.8) is 0 Å². The van der Waals surface area contributed by atoms with Crippen LogP contribution in [0.2, 0.25) is 0 Å². The fourth-order valence-corrected chi connectivity index (χ4v) is 6.68. The molecule has 10 heteroatoms. The maximum Gasteiger partial charge on any atom is 0.254 e. The number of aryl methyl sites for hydroxylation is 1. The number of likely N-dealkylation sites (tertiary alicyclic amines) is 1. The van der Waals surface area contributed by atoms with Gasteiger partial charge in [-0.3, -0.25) is 9.59 Å². The molecule has 8 nitrogen and oxygen atoms in total. The highest BCUT2D eigenvalue weighted by Crippen LogP contribution is 2.35. The van der Waals surface area contributed by atoms with E-state index in [1.807, 2.05) is 12.3 Å². The Balaban J connectivity index is 1.71. The third-order valence-corrected chi connectivity index (χ3v) is 8.76. The van der Waals surface area contributed by atoms with E-state index in [4.69, 9.17) is 5.73 Å². The number of nitrogens with zero attached hydrogens (tertiary/aromatic N) is 2. The van der Waals surface area contributed by atoms with Gasteiger partial charge in [-0.2, -0.15) is 0 Å². The number of aromatic nitrogens is 1. The normalized spacial score (nSPS) is 23.4. The van der Waals surface area contributed by atoms with Crippen LogP contribution in [0.15, 0.2) is 23.6 Å². The average Bonchev–Trinajstić information content (AvgIpc) is 3.35. The van der Waals surface area contributed by atoms with Crippen LogP contribution in [0.3, 0.4) is 0 Å². The summed E-state index contributed by atoms with van der Waals surface area (Å²) in [4.78, 5) is 31.6. The van der Waals surface area contributed by atoms with Gasteiger partial charge in [-0.25, -0.2) is 13.4 Å². The molecule has 0 radical (unpaired) electrons. The van der Waals surface area contributed by atoms with Gasteiger partial charge in [0.05, 0.1) is 17.0 Å². The molecule has 0 bridgehead atoms. The number of hydrogen-bond acceptors (Lipinski definition) is 7. The summed E-state index contributed by atoms with van der Waals surface area (Å²) < 4.78 is 25.2. The maximum atomic E-state index is 13.4. The highest BCUT2D eigenvalue weighted by atomic mass is 32.2. The molecule has 0 aliphatic carbocycles. The minimum Gasteiger partial charge on any atom is -0.366 e. The number of sulfone groups is 1. The molecule has 3 heterocycles. The van der Waals surface area contributed by atoms with Crippen LogP contribution in [-0.2, 0) is 9.84 Å². The fraction of sp³-hybridized carbons (Fsp3) is 0.450. The fourth-order valence-electron chi connectivity index (χ4n) is 4.10. The second kappa shape index (κ2) is 8.09. The van der Waals surface area contributed by atoms with Crippen LogP contribution < -0.4 is 11.1 Å². The molecule has 2 amide bonds. The number of benzene rings is 1. The predicted octanol–water partition coefficient (Wildman–Crippen LogP) is 1.59. The number of carbonyl (C=O) groups is 2. The summed E-state index contributed by atoms with van der Waals surface area (Å²) in [6, 6.07) is 4.42. The molecule has 2 atom stereocenters. The molecular weight excluding hydrogens is 424 g/mol. The number of amides is 2. The number of nitrogens with one attached hydrogen (secondary N) is 1. The minimum atomic E-state index is -3.38. The Bertz CT molecular complexity index is 1100. The third kappa shape index (κ3) is 3.99. The van der Waals surface area contributed by atoms with Crippen LogP contribution in [0.5, 0.6) is 0 Å². The largest absolute Gasteiger partial charge is 0.366 e. The lowest BCUT2D eigenvalue weighted by molar-refractivity contribution is 0.0735. The zero-order chi connectivity index (χ0) is 21.5. The van der Waals surface area contributed by atoms with Gasteiger partial charge in [-0.15, -0.1) is 11.3 Å².